The Morgan fingerprint density at radius 2 is 0.812 bits per heavy atom. The second kappa shape index (κ2) is 10.0. The summed E-state index contributed by atoms with van der Waals surface area (Å²) in [5.74, 6) is 3.42. The van der Waals surface area contributed by atoms with Crippen molar-refractivity contribution in [3.63, 3.8) is 0 Å². The fourth-order valence-corrected chi connectivity index (χ4v) is 11.6. The maximum absolute atomic E-state index is 2.54. The van der Waals surface area contributed by atoms with Crippen LogP contribution in [0.2, 0.25) is 0 Å². The van der Waals surface area contributed by atoms with Crippen LogP contribution in [0.25, 0.3) is 66.1 Å². The molecule has 0 atom stereocenters. The zero-order chi connectivity index (χ0) is 31.4. The molecule has 0 amide bonds. The normalized spacial score (nSPS) is 24.8. The third-order valence-corrected chi connectivity index (χ3v) is 13.1. The van der Waals surface area contributed by atoms with Gasteiger partial charge in [0.25, 0.3) is 0 Å². The van der Waals surface area contributed by atoms with Crippen molar-refractivity contribution in [2.45, 2.75) is 37.5 Å². The molecule has 0 unspecified atom stereocenters. The molecule has 4 bridgehead atoms. The molecule has 0 aliphatic heterocycles. The number of hydrogen-bond donors (Lipinski definition) is 0. The molecule has 0 aromatic heterocycles. The molecule has 5 aliphatic rings. The third kappa shape index (κ3) is 3.56. The molecule has 12 rings (SSSR count). The molecule has 5 aliphatic carbocycles. The Bertz CT molecular complexity index is 2310. The van der Waals surface area contributed by atoms with Gasteiger partial charge in [0.05, 0.1) is 0 Å². The molecule has 230 valence electrons. The zero-order valence-corrected chi connectivity index (χ0v) is 27.2. The summed E-state index contributed by atoms with van der Waals surface area (Å²) >= 11 is 0. The molecule has 4 saturated carbocycles. The van der Waals surface area contributed by atoms with Crippen molar-refractivity contribution >= 4 is 21.5 Å². The molecule has 7 aromatic rings. The van der Waals surface area contributed by atoms with E-state index in [0.29, 0.717) is 0 Å². The lowest BCUT2D eigenvalue weighted by molar-refractivity contribution is -0.0399. The first kappa shape index (κ1) is 27.1. The Morgan fingerprint density at radius 1 is 0.333 bits per heavy atom. The zero-order valence-electron chi connectivity index (χ0n) is 27.2. The van der Waals surface area contributed by atoms with Crippen LogP contribution in [0, 0.1) is 23.7 Å². The van der Waals surface area contributed by atoms with Crippen LogP contribution >= 0.6 is 0 Å². The predicted molar refractivity (Wildman–Crippen MR) is 201 cm³/mol. The fraction of sp³-hybridized carbons (Fsp3) is 0.208. The van der Waals surface area contributed by atoms with Gasteiger partial charge in [0, 0.05) is 5.41 Å². The summed E-state index contributed by atoms with van der Waals surface area (Å²) in [5, 5.41) is 5.34. The lowest BCUT2D eigenvalue weighted by atomic mass is 9.43. The Kier molecular flexibility index (Phi) is 5.66. The molecular formula is C48H38. The second-order valence-corrected chi connectivity index (χ2v) is 15.2. The SMILES string of the molecule is c1ccc(-c2ccc(-c3c4ccccc4c(-c4cccc5c4-c4ccccc4C54C5CC6CC(C5)CC4C6)c4ccccc34)cc2)cc1. The first-order chi connectivity index (χ1) is 23.8. The van der Waals surface area contributed by atoms with Crippen molar-refractivity contribution < 1.29 is 0 Å². The van der Waals surface area contributed by atoms with Gasteiger partial charge in [0.15, 0.2) is 0 Å². The van der Waals surface area contributed by atoms with Crippen LogP contribution in [0.4, 0.5) is 0 Å². The molecule has 7 aromatic carbocycles. The van der Waals surface area contributed by atoms with Crippen LogP contribution in [0.1, 0.15) is 43.2 Å². The summed E-state index contributed by atoms with van der Waals surface area (Å²) in [6.07, 6.45) is 7.13. The number of benzene rings is 7. The molecule has 0 radical (unpaired) electrons. The summed E-state index contributed by atoms with van der Waals surface area (Å²) in [4.78, 5) is 0. The van der Waals surface area contributed by atoms with Gasteiger partial charge in [-0.1, -0.05) is 146 Å². The average molecular weight is 615 g/mol. The highest BCUT2D eigenvalue weighted by Crippen LogP contribution is 2.70. The maximum Gasteiger partial charge on any atom is 0.0272 e. The van der Waals surface area contributed by atoms with Gasteiger partial charge in [-0.3, -0.25) is 0 Å². The molecule has 4 fully saturated rings. The summed E-state index contributed by atoms with van der Waals surface area (Å²) in [6.45, 7) is 0. The van der Waals surface area contributed by atoms with Crippen molar-refractivity contribution in [1.29, 1.82) is 0 Å². The monoisotopic (exact) mass is 614 g/mol. The minimum Gasteiger partial charge on any atom is -0.0622 e. The molecule has 0 saturated heterocycles. The van der Waals surface area contributed by atoms with E-state index in [-0.39, 0.29) is 5.41 Å². The predicted octanol–water partition coefficient (Wildman–Crippen LogP) is 12.7. The Morgan fingerprint density at radius 3 is 1.46 bits per heavy atom. The van der Waals surface area contributed by atoms with Gasteiger partial charge < -0.3 is 0 Å². The Hall–Kier alpha value is -4.94. The lowest BCUT2D eigenvalue weighted by Crippen LogP contribution is -2.55. The van der Waals surface area contributed by atoms with Crippen LogP contribution in [-0.4, -0.2) is 0 Å². The van der Waals surface area contributed by atoms with Crippen LogP contribution in [0.15, 0.2) is 146 Å². The van der Waals surface area contributed by atoms with Gasteiger partial charge in [-0.25, -0.2) is 0 Å². The third-order valence-electron chi connectivity index (χ3n) is 13.1. The van der Waals surface area contributed by atoms with E-state index in [0.717, 1.165) is 23.7 Å². The van der Waals surface area contributed by atoms with Crippen molar-refractivity contribution in [2.75, 3.05) is 0 Å². The topological polar surface area (TPSA) is 0 Å². The first-order valence-electron chi connectivity index (χ1n) is 18.1. The van der Waals surface area contributed by atoms with E-state index in [4.69, 9.17) is 0 Å². The highest BCUT2D eigenvalue weighted by Gasteiger charge is 2.61. The van der Waals surface area contributed by atoms with E-state index < -0.39 is 0 Å². The molecule has 48 heavy (non-hydrogen) atoms. The Labute approximate surface area is 283 Å². The lowest BCUT2D eigenvalue weighted by Gasteiger charge is -2.61. The van der Waals surface area contributed by atoms with Gasteiger partial charge in [-0.05, 0) is 133 Å². The minimum absolute atomic E-state index is 0.168. The van der Waals surface area contributed by atoms with E-state index in [1.165, 1.54) is 98.2 Å². The molecule has 0 N–H and O–H groups in total. The number of fused-ring (bicyclic) bond motifs is 5. The van der Waals surface area contributed by atoms with E-state index in [1.54, 1.807) is 11.1 Å². The highest BCUT2D eigenvalue weighted by molar-refractivity contribution is 6.22. The van der Waals surface area contributed by atoms with Gasteiger partial charge in [-0.2, -0.15) is 0 Å². The van der Waals surface area contributed by atoms with Crippen LogP contribution in [0.5, 0.6) is 0 Å². The molecule has 0 heteroatoms. The largest absolute Gasteiger partial charge is 0.0622 e. The summed E-state index contributed by atoms with van der Waals surface area (Å²) in [6, 6.07) is 55.2. The fourth-order valence-electron chi connectivity index (χ4n) is 11.6. The van der Waals surface area contributed by atoms with E-state index in [9.17, 15) is 0 Å². The summed E-state index contributed by atoms with van der Waals surface area (Å²) in [7, 11) is 0. The van der Waals surface area contributed by atoms with Crippen molar-refractivity contribution in [3.8, 4) is 44.5 Å². The molecule has 0 nitrogen and oxygen atoms in total. The quantitative estimate of drug-likeness (QED) is 0.174. The van der Waals surface area contributed by atoms with Crippen molar-refractivity contribution in [3.05, 3.63) is 157 Å². The van der Waals surface area contributed by atoms with Gasteiger partial charge in [0.2, 0.25) is 0 Å². The smallest absolute Gasteiger partial charge is 0.0272 e. The standard InChI is InChI=1S/C48H38/c1-2-11-32(12-3-1)33-21-23-34(24-22-33)45-37-13-4-6-15-39(37)46(40-16-7-5-14-38(40)45)42-18-10-20-44-47(42)41-17-8-9-19-43(41)48(44)35-26-30-25-31(28-35)29-36(48)27-30/h1-24,30-31,35-36H,25-29H2. The number of hydrogen-bond acceptors (Lipinski definition) is 0. The van der Waals surface area contributed by atoms with E-state index >= 15 is 0 Å². The number of rotatable bonds is 3. The van der Waals surface area contributed by atoms with E-state index in [2.05, 4.69) is 146 Å². The average Bonchev–Trinajstić information content (AvgIpc) is 3.44. The molecule has 1 spiro atoms. The molecular weight excluding hydrogens is 577 g/mol. The van der Waals surface area contributed by atoms with Gasteiger partial charge >= 0.3 is 0 Å². The van der Waals surface area contributed by atoms with Crippen LogP contribution in [-0.2, 0) is 5.41 Å². The minimum atomic E-state index is 0.168. The van der Waals surface area contributed by atoms with Gasteiger partial charge in [-0.15, -0.1) is 0 Å². The van der Waals surface area contributed by atoms with Crippen LogP contribution < -0.4 is 0 Å². The summed E-state index contributed by atoms with van der Waals surface area (Å²) < 4.78 is 0. The van der Waals surface area contributed by atoms with Crippen LogP contribution in [0.3, 0.4) is 0 Å². The van der Waals surface area contributed by atoms with Gasteiger partial charge in [0.1, 0.15) is 0 Å². The highest BCUT2D eigenvalue weighted by atomic mass is 14.6. The Balaban J connectivity index is 1.18. The molecule has 0 heterocycles. The second-order valence-electron chi connectivity index (χ2n) is 15.2. The summed E-state index contributed by atoms with van der Waals surface area (Å²) in [5.41, 5.74) is 14.3. The maximum atomic E-state index is 2.54. The van der Waals surface area contributed by atoms with Crippen molar-refractivity contribution in [1.82, 2.24) is 0 Å². The van der Waals surface area contributed by atoms with E-state index in [1.807, 2.05) is 0 Å². The van der Waals surface area contributed by atoms with Crippen molar-refractivity contribution in [2.24, 2.45) is 23.7 Å². The first-order valence-corrected chi connectivity index (χ1v) is 18.1.